The second kappa shape index (κ2) is 5.66. The van der Waals surface area contributed by atoms with Gasteiger partial charge in [0.1, 0.15) is 6.10 Å². The minimum Gasteiger partial charge on any atom is -0.462 e. The Labute approximate surface area is 130 Å². The molecule has 0 spiro atoms. The molecule has 120 valence electrons. The molecular formula is C16H20O5S. The molecule has 6 heteroatoms. The third kappa shape index (κ3) is 3.03. The lowest BCUT2D eigenvalue weighted by atomic mass is 9.95. The van der Waals surface area contributed by atoms with Crippen LogP contribution in [0.4, 0.5) is 0 Å². The second-order valence-electron chi connectivity index (χ2n) is 6.29. The molecule has 2 saturated carbocycles. The number of rotatable bonds is 4. The van der Waals surface area contributed by atoms with Crippen LogP contribution in [-0.4, -0.2) is 26.6 Å². The predicted octanol–water partition coefficient (Wildman–Crippen LogP) is 2.43. The monoisotopic (exact) mass is 324 g/mol. The Balaban J connectivity index is 1.73. The van der Waals surface area contributed by atoms with Crippen molar-refractivity contribution >= 4 is 16.1 Å². The highest BCUT2D eigenvalue weighted by molar-refractivity contribution is 7.86. The number of aryl methyl sites for hydroxylation is 1. The molecule has 1 aromatic rings. The van der Waals surface area contributed by atoms with Gasteiger partial charge < -0.3 is 4.74 Å². The van der Waals surface area contributed by atoms with Crippen LogP contribution in [-0.2, 0) is 23.8 Å². The van der Waals surface area contributed by atoms with Crippen LogP contribution in [0.1, 0.15) is 31.7 Å². The first-order valence-corrected chi connectivity index (χ1v) is 8.93. The van der Waals surface area contributed by atoms with Gasteiger partial charge in [-0.15, -0.1) is 0 Å². The minimum absolute atomic E-state index is 0.0193. The summed E-state index contributed by atoms with van der Waals surface area (Å²) < 4.78 is 35.5. The van der Waals surface area contributed by atoms with Gasteiger partial charge in [0.05, 0.1) is 11.0 Å². The summed E-state index contributed by atoms with van der Waals surface area (Å²) in [6, 6.07) is 6.61. The Morgan fingerprint density at radius 2 is 1.73 bits per heavy atom. The van der Waals surface area contributed by atoms with E-state index in [1.165, 1.54) is 6.92 Å². The van der Waals surface area contributed by atoms with Crippen molar-refractivity contribution in [1.82, 2.24) is 0 Å². The van der Waals surface area contributed by atoms with Crippen molar-refractivity contribution in [2.24, 2.45) is 11.8 Å². The third-order valence-corrected chi connectivity index (χ3v) is 5.92. The van der Waals surface area contributed by atoms with Crippen LogP contribution in [0.25, 0.3) is 0 Å². The number of ether oxygens (including phenoxy) is 1. The lowest BCUT2D eigenvalue weighted by Gasteiger charge is -2.28. The molecule has 2 bridgehead atoms. The molecule has 0 heterocycles. The molecule has 0 saturated heterocycles. The molecule has 0 aromatic heterocycles. The van der Waals surface area contributed by atoms with Crippen LogP contribution in [0, 0.1) is 18.8 Å². The number of carbonyl (C=O) groups is 1. The van der Waals surface area contributed by atoms with Gasteiger partial charge in [-0.05, 0) is 44.2 Å². The molecule has 0 unspecified atom stereocenters. The number of fused-ring (bicyclic) bond motifs is 2. The van der Waals surface area contributed by atoms with E-state index in [2.05, 4.69) is 0 Å². The molecule has 2 aliphatic carbocycles. The van der Waals surface area contributed by atoms with Gasteiger partial charge in [-0.1, -0.05) is 17.7 Å². The van der Waals surface area contributed by atoms with E-state index in [1.54, 1.807) is 24.3 Å². The topological polar surface area (TPSA) is 69.7 Å². The molecule has 1 aromatic carbocycles. The van der Waals surface area contributed by atoms with Crippen molar-refractivity contribution in [3.63, 3.8) is 0 Å². The maximum Gasteiger partial charge on any atom is 0.302 e. The summed E-state index contributed by atoms with van der Waals surface area (Å²) >= 11 is 0. The van der Waals surface area contributed by atoms with E-state index >= 15 is 0 Å². The summed E-state index contributed by atoms with van der Waals surface area (Å²) in [5.74, 6) is 0.0411. The van der Waals surface area contributed by atoms with Crippen molar-refractivity contribution in [1.29, 1.82) is 0 Å². The summed E-state index contributed by atoms with van der Waals surface area (Å²) in [6.07, 6.45) is 1.79. The van der Waals surface area contributed by atoms with Crippen LogP contribution in [0.5, 0.6) is 0 Å². The van der Waals surface area contributed by atoms with Gasteiger partial charge in [0, 0.05) is 12.8 Å². The van der Waals surface area contributed by atoms with Crippen LogP contribution in [0.15, 0.2) is 29.2 Å². The lowest BCUT2D eigenvalue weighted by molar-refractivity contribution is -0.150. The summed E-state index contributed by atoms with van der Waals surface area (Å²) in [7, 11) is -3.78. The van der Waals surface area contributed by atoms with E-state index in [0.29, 0.717) is 12.3 Å². The zero-order valence-corrected chi connectivity index (χ0v) is 13.5. The van der Waals surface area contributed by atoms with Crippen LogP contribution < -0.4 is 0 Å². The first-order valence-electron chi connectivity index (χ1n) is 7.52. The molecule has 2 aliphatic rings. The van der Waals surface area contributed by atoms with Crippen molar-refractivity contribution in [3.8, 4) is 0 Å². The van der Waals surface area contributed by atoms with Gasteiger partial charge in [-0.2, -0.15) is 8.42 Å². The van der Waals surface area contributed by atoms with E-state index in [1.807, 2.05) is 6.92 Å². The second-order valence-corrected chi connectivity index (χ2v) is 7.86. The smallest absolute Gasteiger partial charge is 0.302 e. The van der Waals surface area contributed by atoms with E-state index in [4.69, 9.17) is 8.92 Å². The first kappa shape index (κ1) is 15.5. The highest BCUT2D eigenvalue weighted by Crippen LogP contribution is 2.48. The maximum atomic E-state index is 12.4. The molecule has 22 heavy (non-hydrogen) atoms. The summed E-state index contributed by atoms with van der Waals surface area (Å²) in [4.78, 5) is 11.3. The molecule has 0 radical (unpaired) electrons. The zero-order valence-electron chi connectivity index (χ0n) is 12.7. The van der Waals surface area contributed by atoms with Crippen LogP contribution >= 0.6 is 0 Å². The number of carbonyl (C=O) groups excluding carboxylic acids is 1. The Bertz CT molecular complexity index is 664. The SMILES string of the molecule is CC(=O)O[C@@H]1C[C@H]2C[C@@H]1[C@H](OS(=O)(=O)c1ccc(C)cc1)C2. The zero-order chi connectivity index (χ0) is 15.9. The molecule has 2 fully saturated rings. The van der Waals surface area contributed by atoms with Crippen molar-refractivity contribution in [2.45, 2.75) is 50.2 Å². The van der Waals surface area contributed by atoms with E-state index in [0.717, 1.165) is 18.4 Å². The molecule has 3 rings (SSSR count). The highest BCUT2D eigenvalue weighted by atomic mass is 32.2. The fraction of sp³-hybridized carbons (Fsp3) is 0.562. The largest absolute Gasteiger partial charge is 0.462 e. The fourth-order valence-corrected chi connectivity index (χ4v) is 4.73. The third-order valence-electron chi connectivity index (χ3n) is 4.57. The minimum atomic E-state index is -3.78. The van der Waals surface area contributed by atoms with E-state index in [9.17, 15) is 13.2 Å². The number of hydrogen-bond acceptors (Lipinski definition) is 5. The maximum absolute atomic E-state index is 12.4. The average Bonchev–Trinajstić information content (AvgIpc) is 2.97. The Hall–Kier alpha value is -1.40. The van der Waals surface area contributed by atoms with Gasteiger partial charge in [-0.3, -0.25) is 8.98 Å². The number of esters is 1. The van der Waals surface area contributed by atoms with E-state index < -0.39 is 16.2 Å². The first-order chi connectivity index (χ1) is 10.3. The van der Waals surface area contributed by atoms with Crippen molar-refractivity contribution in [2.75, 3.05) is 0 Å². The Kier molecular flexibility index (Phi) is 3.99. The van der Waals surface area contributed by atoms with Crippen molar-refractivity contribution < 1.29 is 22.1 Å². The van der Waals surface area contributed by atoms with E-state index in [-0.39, 0.29) is 22.9 Å². The Morgan fingerprint density at radius 3 is 2.32 bits per heavy atom. The molecule has 0 amide bonds. The van der Waals surface area contributed by atoms with Crippen LogP contribution in [0.2, 0.25) is 0 Å². The van der Waals surface area contributed by atoms with Crippen LogP contribution in [0.3, 0.4) is 0 Å². The number of benzene rings is 1. The van der Waals surface area contributed by atoms with Gasteiger partial charge in [0.2, 0.25) is 0 Å². The molecule has 0 aliphatic heterocycles. The van der Waals surface area contributed by atoms with Gasteiger partial charge in [0.25, 0.3) is 10.1 Å². The molecule has 5 nitrogen and oxygen atoms in total. The highest BCUT2D eigenvalue weighted by Gasteiger charge is 2.50. The summed E-state index contributed by atoms with van der Waals surface area (Å²) in [5, 5.41) is 0. The quantitative estimate of drug-likeness (QED) is 0.628. The molecular weight excluding hydrogens is 304 g/mol. The average molecular weight is 324 g/mol. The summed E-state index contributed by atoms with van der Waals surface area (Å²) in [5.41, 5.74) is 0.994. The fourth-order valence-electron chi connectivity index (χ4n) is 3.61. The van der Waals surface area contributed by atoms with Gasteiger partial charge in [0.15, 0.2) is 0 Å². The van der Waals surface area contributed by atoms with Crippen molar-refractivity contribution in [3.05, 3.63) is 29.8 Å². The predicted molar refractivity (Wildman–Crippen MR) is 79.6 cm³/mol. The lowest BCUT2D eigenvalue weighted by Crippen LogP contribution is -2.35. The van der Waals surface area contributed by atoms with Gasteiger partial charge in [-0.25, -0.2) is 0 Å². The standard InChI is InChI=1S/C16H20O5S/c1-10-3-5-13(6-4-10)22(18,19)21-16-9-12-7-14(16)15(8-12)20-11(2)17/h3-6,12,14-16H,7-9H2,1-2H3/t12-,14+,15-,16-/m1/s1. The normalized spacial score (nSPS) is 30.5. The Morgan fingerprint density at radius 1 is 1.09 bits per heavy atom. The van der Waals surface area contributed by atoms with Gasteiger partial charge >= 0.3 is 5.97 Å². The molecule has 0 N–H and O–H groups in total. The molecule has 4 atom stereocenters. The number of hydrogen-bond donors (Lipinski definition) is 0. The summed E-state index contributed by atoms with van der Waals surface area (Å²) in [6.45, 7) is 3.28.